The average molecular weight is 391 g/mol. The zero-order chi connectivity index (χ0) is 20.4. The summed E-state index contributed by atoms with van der Waals surface area (Å²) in [5.41, 5.74) is 3.83. The Bertz CT molecular complexity index is 942. The van der Waals surface area contributed by atoms with Gasteiger partial charge in [0.1, 0.15) is 0 Å². The van der Waals surface area contributed by atoms with Crippen molar-refractivity contribution in [1.82, 2.24) is 0 Å². The topological polar surface area (TPSA) is 63.7 Å². The highest BCUT2D eigenvalue weighted by Crippen LogP contribution is 2.32. The van der Waals surface area contributed by atoms with Crippen molar-refractivity contribution < 1.29 is 19.1 Å². The van der Waals surface area contributed by atoms with E-state index in [0.717, 1.165) is 11.3 Å². The Morgan fingerprint density at radius 2 is 1.69 bits per heavy atom. The van der Waals surface area contributed by atoms with Crippen molar-refractivity contribution in [1.29, 1.82) is 0 Å². The molecule has 0 N–H and O–H groups in total. The minimum Gasteiger partial charge on any atom is -0.454 e. The lowest BCUT2D eigenvalue weighted by Gasteiger charge is -2.21. The summed E-state index contributed by atoms with van der Waals surface area (Å²) in [4.78, 5) is 38.1. The predicted octanol–water partition coefficient (Wildman–Crippen LogP) is 4.29. The molecule has 29 heavy (non-hydrogen) atoms. The number of amides is 1. The summed E-state index contributed by atoms with van der Waals surface area (Å²) >= 11 is 0. The second-order valence-electron chi connectivity index (χ2n) is 7.93. The highest BCUT2D eigenvalue weighted by molar-refractivity contribution is 6.04. The van der Waals surface area contributed by atoms with Crippen molar-refractivity contribution in [2.24, 2.45) is 0 Å². The van der Waals surface area contributed by atoms with Crippen molar-refractivity contribution in [2.75, 3.05) is 18.6 Å². The molecule has 2 aromatic carbocycles. The molecule has 0 bridgehead atoms. The van der Waals surface area contributed by atoms with E-state index in [2.05, 4.69) is 0 Å². The number of carbonyl (C=O) groups is 3. The van der Waals surface area contributed by atoms with Gasteiger partial charge in [-0.05, 0) is 60.2 Å². The minimum absolute atomic E-state index is 0.00713. The minimum atomic E-state index is -0.496. The number of hydrogen-bond donors (Lipinski definition) is 0. The maximum Gasteiger partial charge on any atom is 0.338 e. The fraction of sp³-hybridized carbons (Fsp3) is 0.375. The Hall–Kier alpha value is -2.95. The molecule has 1 aliphatic heterocycles. The normalized spacial score (nSPS) is 16.6. The number of ether oxygens (including phenoxy) is 1. The van der Waals surface area contributed by atoms with Crippen LogP contribution in [0.2, 0.25) is 0 Å². The molecule has 5 heteroatoms. The third kappa shape index (κ3) is 4.09. The fourth-order valence-electron chi connectivity index (χ4n) is 4.27. The van der Waals surface area contributed by atoms with Crippen LogP contribution in [0.3, 0.4) is 0 Å². The lowest BCUT2D eigenvalue weighted by Crippen LogP contribution is -2.20. The molecular weight excluding hydrogens is 366 g/mol. The first-order valence-corrected chi connectivity index (χ1v) is 10.2. The molecule has 0 aromatic heterocycles. The quantitative estimate of drug-likeness (QED) is 0.563. The molecular formula is C24H25NO4. The maximum absolute atomic E-state index is 12.4. The number of anilines is 1. The van der Waals surface area contributed by atoms with Gasteiger partial charge in [0, 0.05) is 18.3 Å². The largest absolute Gasteiger partial charge is 0.454 e. The second-order valence-corrected chi connectivity index (χ2v) is 7.93. The van der Waals surface area contributed by atoms with Gasteiger partial charge in [0.15, 0.2) is 12.4 Å². The van der Waals surface area contributed by atoms with Gasteiger partial charge in [0.25, 0.3) is 0 Å². The summed E-state index contributed by atoms with van der Waals surface area (Å²) in [6.45, 7) is -0.314. The third-order valence-corrected chi connectivity index (χ3v) is 6.04. The Labute approximate surface area is 170 Å². The lowest BCUT2D eigenvalue weighted by molar-refractivity contribution is -0.117. The van der Waals surface area contributed by atoms with Gasteiger partial charge in [-0.3, -0.25) is 9.59 Å². The molecule has 2 aliphatic rings. The first kappa shape index (κ1) is 19.4. The van der Waals surface area contributed by atoms with Crippen molar-refractivity contribution >= 4 is 23.3 Å². The monoisotopic (exact) mass is 391 g/mol. The Morgan fingerprint density at radius 1 is 1.00 bits per heavy atom. The molecule has 1 saturated carbocycles. The highest BCUT2D eigenvalue weighted by atomic mass is 16.5. The second kappa shape index (κ2) is 8.19. The number of benzene rings is 2. The summed E-state index contributed by atoms with van der Waals surface area (Å²) in [5, 5.41) is 0. The number of hydrogen-bond acceptors (Lipinski definition) is 4. The van der Waals surface area contributed by atoms with Crippen molar-refractivity contribution in [3.8, 4) is 0 Å². The van der Waals surface area contributed by atoms with Crippen LogP contribution in [-0.4, -0.2) is 31.3 Å². The van der Waals surface area contributed by atoms with Gasteiger partial charge in [0.05, 0.1) is 12.0 Å². The Balaban J connectivity index is 1.35. The van der Waals surface area contributed by atoms with Crippen molar-refractivity contribution in [3.63, 3.8) is 0 Å². The molecule has 1 aliphatic carbocycles. The van der Waals surface area contributed by atoms with Gasteiger partial charge >= 0.3 is 5.97 Å². The van der Waals surface area contributed by atoms with Crippen LogP contribution in [0.25, 0.3) is 0 Å². The Kier molecular flexibility index (Phi) is 5.47. The van der Waals surface area contributed by atoms with Crippen LogP contribution in [0.1, 0.15) is 69.9 Å². The van der Waals surface area contributed by atoms with Crippen LogP contribution >= 0.6 is 0 Å². The van der Waals surface area contributed by atoms with Gasteiger partial charge in [0.2, 0.25) is 5.91 Å². The van der Waals surface area contributed by atoms with E-state index in [-0.39, 0.29) is 18.3 Å². The van der Waals surface area contributed by atoms with Crippen molar-refractivity contribution in [3.05, 3.63) is 64.7 Å². The number of carbonyl (C=O) groups excluding carboxylic acids is 3. The van der Waals surface area contributed by atoms with E-state index < -0.39 is 5.97 Å². The van der Waals surface area contributed by atoms with Crippen LogP contribution < -0.4 is 4.90 Å². The number of likely N-dealkylation sites (N-methyl/N-ethyl adjacent to an activating group) is 1. The van der Waals surface area contributed by atoms with E-state index in [9.17, 15) is 14.4 Å². The molecule has 0 atom stereocenters. The van der Waals surface area contributed by atoms with Crippen LogP contribution in [0.5, 0.6) is 0 Å². The smallest absolute Gasteiger partial charge is 0.338 e. The van der Waals surface area contributed by atoms with Gasteiger partial charge in [-0.2, -0.15) is 0 Å². The van der Waals surface area contributed by atoms with Crippen LogP contribution in [0, 0.1) is 0 Å². The van der Waals surface area contributed by atoms with Gasteiger partial charge in [-0.1, -0.05) is 31.4 Å². The molecule has 0 saturated heterocycles. The molecule has 5 nitrogen and oxygen atoms in total. The van der Waals surface area contributed by atoms with Crippen LogP contribution in [-0.2, 0) is 16.0 Å². The summed E-state index contributed by atoms with van der Waals surface area (Å²) in [6, 6.07) is 12.7. The molecule has 1 fully saturated rings. The van der Waals surface area contributed by atoms with E-state index in [0.29, 0.717) is 23.5 Å². The first-order valence-electron chi connectivity index (χ1n) is 10.2. The maximum atomic E-state index is 12.4. The number of esters is 1. The average Bonchev–Trinajstić information content (AvgIpc) is 3.05. The number of fused-ring (bicyclic) bond motifs is 1. The molecule has 0 radical (unpaired) electrons. The predicted molar refractivity (Wildman–Crippen MR) is 110 cm³/mol. The Morgan fingerprint density at radius 3 is 2.41 bits per heavy atom. The van der Waals surface area contributed by atoms with Crippen molar-refractivity contribution in [2.45, 2.75) is 44.4 Å². The molecule has 1 heterocycles. The molecule has 0 unspecified atom stereocenters. The number of Topliss-reactive ketones (excluding diaryl/α,β-unsaturated/α-hetero) is 1. The zero-order valence-corrected chi connectivity index (χ0v) is 16.6. The molecule has 0 spiro atoms. The fourth-order valence-corrected chi connectivity index (χ4v) is 4.27. The molecule has 150 valence electrons. The molecule has 4 rings (SSSR count). The van der Waals surface area contributed by atoms with Gasteiger partial charge < -0.3 is 9.64 Å². The van der Waals surface area contributed by atoms with E-state index >= 15 is 0 Å². The van der Waals surface area contributed by atoms with E-state index in [1.54, 1.807) is 42.3 Å². The summed E-state index contributed by atoms with van der Waals surface area (Å²) in [5.74, 6) is -0.180. The molecule has 2 aromatic rings. The summed E-state index contributed by atoms with van der Waals surface area (Å²) in [6.07, 6.45) is 6.56. The summed E-state index contributed by atoms with van der Waals surface area (Å²) in [7, 11) is 1.72. The van der Waals surface area contributed by atoms with E-state index in [4.69, 9.17) is 4.74 Å². The van der Waals surface area contributed by atoms with Crippen LogP contribution in [0.4, 0.5) is 5.69 Å². The lowest BCUT2D eigenvalue weighted by atomic mass is 9.84. The SMILES string of the molecule is CN1C(=O)Cc2cc(C(=O)COC(=O)c3ccc(C4CCCCC4)cc3)ccc21. The first-order chi connectivity index (χ1) is 14.0. The zero-order valence-electron chi connectivity index (χ0n) is 16.6. The van der Waals surface area contributed by atoms with E-state index in [1.165, 1.54) is 37.7 Å². The number of ketones is 1. The number of nitrogens with zero attached hydrogens (tertiary/aromatic N) is 1. The van der Waals surface area contributed by atoms with E-state index in [1.807, 2.05) is 12.1 Å². The standard InChI is InChI=1S/C24H25NO4/c1-25-21-12-11-19(13-20(21)14-23(25)27)22(26)15-29-24(28)18-9-7-17(8-10-18)16-5-3-2-4-6-16/h7-13,16H,2-6,14-15H2,1H3. The third-order valence-electron chi connectivity index (χ3n) is 6.04. The van der Waals surface area contributed by atoms with Crippen LogP contribution in [0.15, 0.2) is 42.5 Å². The molecule has 1 amide bonds. The van der Waals surface area contributed by atoms with Gasteiger partial charge in [-0.25, -0.2) is 4.79 Å². The number of rotatable bonds is 5. The highest BCUT2D eigenvalue weighted by Gasteiger charge is 2.25. The van der Waals surface area contributed by atoms with Gasteiger partial charge in [-0.15, -0.1) is 0 Å². The summed E-state index contributed by atoms with van der Waals surface area (Å²) < 4.78 is 5.23.